The van der Waals surface area contributed by atoms with Crippen LogP contribution in [-0.2, 0) is 11.3 Å². The Hall–Kier alpha value is -3.06. The molecule has 1 spiro atoms. The highest BCUT2D eigenvalue weighted by atomic mass is 16.5. The van der Waals surface area contributed by atoms with Crippen molar-refractivity contribution in [1.29, 1.82) is 0 Å². The van der Waals surface area contributed by atoms with Crippen molar-refractivity contribution in [2.45, 2.75) is 38.3 Å². The number of methoxy groups -OCH3 is 1. The molecule has 2 aliphatic rings. The Morgan fingerprint density at radius 1 is 1.09 bits per heavy atom. The molecule has 7 nitrogen and oxygen atoms in total. The number of hydrogen-bond donors (Lipinski definition) is 1. The molecule has 1 N–H and O–H groups in total. The van der Waals surface area contributed by atoms with E-state index in [9.17, 15) is 9.59 Å². The third kappa shape index (κ3) is 6.34. The summed E-state index contributed by atoms with van der Waals surface area (Å²) in [5.41, 5.74) is 2.37. The van der Waals surface area contributed by atoms with Crippen LogP contribution in [0.3, 0.4) is 0 Å². The van der Waals surface area contributed by atoms with Crippen molar-refractivity contribution in [3.05, 3.63) is 65.7 Å². The topological polar surface area (TPSA) is 65.1 Å². The molecule has 0 unspecified atom stereocenters. The van der Waals surface area contributed by atoms with Crippen molar-refractivity contribution in [2.24, 2.45) is 5.41 Å². The molecule has 188 valence electrons. The van der Waals surface area contributed by atoms with Crippen LogP contribution in [0, 0.1) is 5.41 Å². The number of amides is 3. The summed E-state index contributed by atoms with van der Waals surface area (Å²) in [6.45, 7) is 4.42. The van der Waals surface area contributed by atoms with Gasteiger partial charge in [-0.2, -0.15) is 0 Å². The lowest BCUT2D eigenvalue weighted by Gasteiger charge is -2.39. The number of carbonyl (C=O) groups excluding carboxylic acids is 2. The van der Waals surface area contributed by atoms with Crippen LogP contribution in [-0.4, -0.2) is 74.0 Å². The number of nitrogens with zero attached hydrogens (tertiary/aromatic N) is 3. The average molecular weight is 479 g/mol. The number of carbonyl (C=O) groups is 2. The Bertz CT molecular complexity index is 985. The molecule has 0 aliphatic carbocycles. The second-order valence-corrected chi connectivity index (χ2v) is 10.2. The zero-order valence-electron chi connectivity index (χ0n) is 21.2. The largest absolute Gasteiger partial charge is 0.497 e. The molecule has 3 amide bonds. The Morgan fingerprint density at radius 2 is 1.77 bits per heavy atom. The first-order valence-electron chi connectivity index (χ1n) is 12.5. The van der Waals surface area contributed by atoms with E-state index >= 15 is 0 Å². The van der Waals surface area contributed by atoms with E-state index in [0.717, 1.165) is 62.3 Å². The summed E-state index contributed by atoms with van der Waals surface area (Å²) >= 11 is 0. The highest BCUT2D eigenvalue weighted by Gasteiger charge is 2.44. The van der Waals surface area contributed by atoms with E-state index in [-0.39, 0.29) is 23.4 Å². The zero-order valence-corrected chi connectivity index (χ0v) is 21.2. The first-order chi connectivity index (χ1) is 16.9. The van der Waals surface area contributed by atoms with Crippen molar-refractivity contribution in [1.82, 2.24) is 20.0 Å². The summed E-state index contributed by atoms with van der Waals surface area (Å²) in [5, 5.41) is 3.16. The fraction of sp³-hybridized carbons (Fsp3) is 0.500. The van der Waals surface area contributed by atoms with Crippen LogP contribution < -0.4 is 10.1 Å². The number of likely N-dealkylation sites (tertiary alicyclic amines) is 2. The van der Waals surface area contributed by atoms with Gasteiger partial charge in [-0.3, -0.25) is 4.79 Å². The van der Waals surface area contributed by atoms with Gasteiger partial charge in [0, 0.05) is 40.2 Å². The van der Waals surface area contributed by atoms with Crippen LogP contribution in [0.5, 0.6) is 5.75 Å². The van der Waals surface area contributed by atoms with Crippen molar-refractivity contribution < 1.29 is 14.3 Å². The standard InChI is InChI=1S/C28H38N4O3/c1-30(2)27(34)29-25(23-7-5-4-6-8-23)13-16-31-17-14-28(15-18-31)19-26(33)32(21-28)20-22-9-11-24(35-3)12-10-22/h4-12,25H,13-21H2,1-3H3,(H,29,34)/t25-/m0/s1. The maximum Gasteiger partial charge on any atom is 0.317 e. The minimum Gasteiger partial charge on any atom is -0.497 e. The Morgan fingerprint density at radius 3 is 2.40 bits per heavy atom. The smallest absolute Gasteiger partial charge is 0.317 e. The normalized spacial score (nSPS) is 18.5. The molecule has 2 aromatic rings. The summed E-state index contributed by atoms with van der Waals surface area (Å²) in [6.07, 6.45) is 3.59. The van der Waals surface area contributed by atoms with Crippen LogP contribution in [0.25, 0.3) is 0 Å². The molecular formula is C28H38N4O3. The summed E-state index contributed by atoms with van der Waals surface area (Å²) in [6, 6.07) is 18.1. The predicted octanol–water partition coefficient (Wildman–Crippen LogP) is 3.91. The zero-order chi connectivity index (χ0) is 24.8. The Balaban J connectivity index is 1.29. The van der Waals surface area contributed by atoms with E-state index in [0.29, 0.717) is 13.0 Å². The number of piperidine rings is 1. The molecule has 2 heterocycles. The van der Waals surface area contributed by atoms with Gasteiger partial charge in [0.15, 0.2) is 0 Å². The molecule has 4 rings (SSSR count). The van der Waals surface area contributed by atoms with E-state index in [4.69, 9.17) is 4.74 Å². The van der Waals surface area contributed by atoms with Crippen LogP contribution in [0.4, 0.5) is 4.79 Å². The molecule has 0 aromatic heterocycles. The minimum absolute atomic E-state index is 0.0185. The van der Waals surface area contributed by atoms with Gasteiger partial charge in [0.2, 0.25) is 5.91 Å². The van der Waals surface area contributed by atoms with E-state index in [2.05, 4.69) is 22.3 Å². The molecule has 2 aromatic carbocycles. The van der Waals surface area contributed by atoms with E-state index in [1.54, 1.807) is 26.1 Å². The summed E-state index contributed by atoms with van der Waals surface area (Å²) < 4.78 is 5.24. The molecule has 1 atom stereocenters. The molecule has 2 fully saturated rings. The van der Waals surface area contributed by atoms with E-state index < -0.39 is 0 Å². The second-order valence-electron chi connectivity index (χ2n) is 10.2. The number of ether oxygens (including phenoxy) is 1. The van der Waals surface area contributed by atoms with Gasteiger partial charge in [-0.25, -0.2) is 4.79 Å². The van der Waals surface area contributed by atoms with Crippen LogP contribution in [0.2, 0.25) is 0 Å². The quantitative estimate of drug-likeness (QED) is 0.625. The number of rotatable bonds is 8. The van der Waals surface area contributed by atoms with E-state index in [1.807, 2.05) is 47.4 Å². The number of nitrogens with one attached hydrogen (secondary N) is 1. The van der Waals surface area contributed by atoms with Crippen LogP contribution in [0.1, 0.15) is 42.9 Å². The van der Waals surface area contributed by atoms with Crippen molar-refractivity contribution >= 4 is 11.9 Å². The van der Waals surface area contributed by atoms with Crippen molar-refractivity contribution in [3.63, 3.8) is 0 Å². The summed E-state index contributed by atoms with van der Waals surface area (Å²) in [4.78, 5) is 31.3. The van der Waals surface area contributed by atoms with Gasteiger partial charge in [-0.1, -0.05) is 42.5 Å². The van der Waals surface area contributed by atoms with E-state index in [1.165, 1.54) is 0 Å². The lowest BCUT2D eigenvalue weighted by molar-refractivity contribution is -0.128. The summed E-state index contributed by atoms with van der Waals surface area (Å²) in [7, 11) is 5.20. The Kier molecular flexibility index (Phi) is 7.96. The van der Waals surface area contributed by atoms with Gasteiger partial charge in [-0.15, -0.1) is 0 Å². The number of benzene rings is 2. The maximum absolute atomic E-state index is 12.8. The second kappa shape index (κ2) is 11.1. The van der Waals surface area contributed by atoms with Crippen LogP contribution >= 0.6 is 0 Å². The van der Waals surface area contributed by atoms with Crippen molar-refractivity contribution in [2.75, 3.05) is 47.4 Å². The average Bonchev–Trinajstić information content (AvgIpc) is 3.17. The SMILES string of the molecule is COc1ccc(CN2CC3(CCN(CC[C@H](NC(=O)N(C)C)c4ccccc4)CC3)CC2=O)cc1. The van der Waals surface area contributed by atoms with Gasteiger partial charge < -0.3 is 24.8 Å². The number of hydrogen-bond acceptors (Lipinski definition) is 4. The molecule has 0 saturated carbocycles. The molecule has 2 saturated heterocycles. The summed E-state index contributed by atoms with van der Waals surface area (Å²) in [5.74, 6) is 1.10. The third-order valence-electron chi connectivity index (χ3n) is 7.49. The molecular weight excluding hydrogens is 440 g/mol. The van der Waals surface area contributed by atoms with Crippen molar-refractivity contribution in [3.8, 4) is 5.75 Å². The third-order valence-corrected chi connectivity index (χ3v) is 7.49. The first-order valence-corrected chi connectivity index (χ1v) is 12.5. The first kappa shape index (κ1) is 25.0. The predicted molar refractivity (Wildman–Crippen MR) is 137 cm³/mol. The lowest BCUT2D eigenvalue weighted by Crippen LogP contribution is -2.43. The monoisotopic (exact) mass is 478 g/mol. The fourth-order valence-electron chi connectivity index (χ4n) is 5.26. The van der Waals surface area contributed by atoms with Gasteiger partial charge in [0.05, 0.1) is 13.2 Å². The molecule has 0 radical (unpaired) electrons. The molecule has 35 heavy (non-hydrogen) atoms. The van der Waals surface area contributed by atoms with Gasteiger partial charge in [0.1, 0.15) is 5.75 Å². The van der Waals surface area contributed by atoms with Gasteiger partial charge in [0.25, 0.3) is 0 Å². The maximum atomic E-state index is 12.8. The van der Waals surface area contributed by atoms with Gasteiger partial charge >= 0.3 is 6.03 Å². The van der Waals surface area contributed by atoms with Gasteiger partial charge in [-0.05, 0) is 61.0 Å². The number of urea groups is 1. The molecule has 7 heteroatoms. The highest BCUT2D eigenvalue weighted by Crippen LogP contribution is 2.41. The molecule has 0 bridgehead atoms. The fourth-order valence-corrected chi connectivity index (χ4v) is 5.26. The van der Waals surface area contributed by atoms with Crippen LogP contribution in [0.15, 0.2) is 54.6 Å². The highest BCUT2D eigenvalue weighted by molar-refractivity contribution is 5.79. The molecule has 2 aliphatic heterocycles. The Labute approximate surface area is 209 Å². The minimum atomic E-state index is -0.0714. The lowest BCUT2D eigenvalue weighted by atomic mass is 9.77.